The van der Waals surface area contributed by atoms with Crippen LogP contribution in [0.3, 0.4) is 0 Å². The summed E-state index contributed by atoms with van der Waals surface area (Å²) in [5.41, 5.74) is 4.24. The number of guanidine groups is 1. The molecular weight excluding hydrogens is 355 g/mol. The Morgan fingerprint density at radius 3 is 2.31 bits per heavy atom. The van der Waals surface area contributed by atoms with Gasteiger partial charge in [-0.2, -0.15) is 8.76 Å². The Kier molecular flexibility index (Phi) is 5.38. The molecule has 2 heterocycles. The quantitative estimate of drug-likeness (QED) is 0.475. The number of nitrogens with zero attached hydrogens (tertiary/aromatic N) is 5. The molecule has 26 heavy (non-hydrogen) atoms. The maximum atomic E-state index is 13.6. The van der Waals surface area contributed by atoms with Gasteiger partial charge in [0.25, 0.3) is 5.95 Å². The zero-order valence-electron chi connectivity index (χ0n) is 15.1. The summed E-state index contributed by atoms with van der Waals surface area (Å²) in [4.78, 5) is 8.26. The smallest absolute Gasteiger partial charge is 0.268 e. The number of hydrogen-bond donors (Lipinski definition) is 2. The van der Waals surface area contributed by atoms with Crippen LogP contribution in [0.25, 0.3) is 0 Å². The van der Waals surface area contributed by atoms with Gasteiger partial charge in [0, 0.05) is 26.2 Å². The van der Waals surface area contributed by atoms with E-state index in [1.165, 1.54) is 5.56 Å². The molecule has 0 spiro atoms. The van der Waals surface area contributed by atoms with Crippen molar-refractivity contribution >= 4 is 29.2 Å². The standard InChI is InChI=1S/C17H23FN6OS/c1-17(2,3)12-4-6-13(7-5-12)19-16(20-25)24-10-8-23(9-11-24)15-14(18)21-26-22-15/h4-7,25H,8-11H2,1-3H3,(H,19,20). The monoisotopic (exact) mass is 378 g/mol. The fourth-order valence-corrected chi connectivity index (χ4v) is 3.28. The summed E-state index contributed by atoms with van der Waals surface area (Å²) in [6, 6.07) is 7.96. The first-order valence-electron chi connectivity index (χ1n) is 8.46. The van der Waals surface area contributed by atoms with Crippen LogP contribution in [0.5, 0.6) is 0 Å². The predicted octanol–water partition coefficient (Wildman–Crippen LogP) is 2.76. The normalized spacial score (nSPS) is 16.1. The molecule has 0 saturated carbocycles. The SMILES string of the molecule is CC(C)(C)c1ccc(N=C(NO)N2CCN(c3nsnc3F)CC2)cc1. The molecule has 0 amide bonds. The number of aliphatic imine (C=N–C) groups is 1. The molecule has 2 N–H and O–H groups in total. The van der Waals surface area contributed by atoms with Gasteiger partial charge in [0.15, 0.2) is 5.82 Å². The molecule has 0 unspecified atom stereocenters. The summed E-state index contributed by atoms with van der Waals surface area (Å²) >= 11 is 0.870. The molecule has 3 rings (SSSR count). The summed E-state index contributed by atoms with van der Waals surface area (Å²) in [5, 5.41) is 9.50. The molecule has 1 aliphatic heterocycles. The third-order valence-electron chi connectivity index (χ3n) is 4.38. The van der Waals surface area contributed by atoms with Crippen LogP contribution in [0.15, 0.2) is 29.3 Å². The average molecular weight is 378 g/mol. The van der Waals surface area contributed by atoms with Gasteiger partial charge < -0.3 is 9.80 Å². The van der Waals surface area contributed by atoms with Gasteiger partial charge >= 0.3 is 0 Å². The molecule has 9 heteroatoms. The van der Waals surface area contributed by atoms with E-state index in [4.69, 9.17) is 0 Å². The topological polar surface area (TPSA) is 76.9 Å². The van der Waals surface area contributed by atoms with E-state index in [0.717, 1.165) is 17.4 Å². The lowest BCUT2D eigenvalue weighted by atomic mass is 9.87. The van der Waals surface area contributed by atoms with E-state index in [0.29, 0.717) is 38.0 Å². The van der Waals surface area contributed by atoms with E-state index in [1.807, 2.05) is 34.1 Å². The first-order chi connectivity index (χ1) is 12.4. The lowest BCUT2D eigenvalue weighted by Crippen LogP contribution is -2.52. The van der Waals surface area contributed by atoms with Crippen molar-refractivity contribution in [2.24, 2.45) is 4.99 Å². The number of halogens is 1. The highest BCUT2D eigenvalue weighted by atomic mass is 32.1. The minimum atomic E-state index is -0.531. The zero-order chi connectivity index (χ0) is 18.7. The van der Waals surface area contributed by atoms with Crippen molar-refractivity contribution in [1.82, 2.24) is 19.1 Å². The molecule has 1 aromatic heterocycles. The molecule has 1 fully saturated rings. The van der Waals surface area contributed by atoms with Gasteiger partial charge in [-0.3, -0.25) is 5.21 Å². The van der Waals surface area contributed by atoms with Gasteiger partial charge in [-0.15, -0.1) is 4.37 Å². The van der Waals surface area contributed by atoms with Crippen molar-refractivity contribution in [3.8, 4) is 0 Å². The second kappa shape index (κ2) is 7.55. The molecule has 0 bridgehead atoms. The number of anilines is 1. The largest absolute Gasteiger partial charge is 0.348 e. The Labute approximate surface area is 156 Å². The summed E-state index contributed by atoms with van der Waals surface area (Å²) in [7, 11) is 0. The Morgan fingerprint density at radius 2 is 1.81 bits per heavy atom. The fourth-order valence-electron chi connectivity index (χ4n) is 2.82. The number of benzene rings is 1. The molecule has 140 valence electrons. The van der Waals surface area contributed by atoms with Gasteiger partial charge in [0.1, 0.15) is 0 Å². The van der Waals surface area contributed by atoms with E-state index in [2.05, 4.69) is 40.0 Å². The van der Waals surface area contributed by atoms with Crippen molar-refractivity contribution in [1.29, 1.82) is 0 Å². The highest BCUT2D eigenvalue weighted by molar-refractivity contribution is 6.99. The van der Waals surface area contributed by atoms with Crippen LogP contribution >= 0.6 is 11.7 Å². The minimum absolute atomic E-state index is 0.0798. The summed E-state index contributed by atoms with van der Waals surface area (Å²) in [6.07, 6.45) is 0. The van der Waals surface area contributed by atoms with Crippen LogP contribution in [0.1, 0.15) is 26.3 Å². The molecule has 0 aliphatic carbocycles. The Morgan fingerprint density at radius 1 is 1.15 bits per heavy atom. The van der Waals surface area contributed by atoms with Crippen molar-refractivity contribution in [3.63, 3.8) is 0 Å². The highest BCUT2D eigenvalue weighted by Gasteiger charge is 2.24. The van der Waals surface area contributed by atoms with Crippen molar-refractivity contribution in [2.45, 2.75) is 26.2 Å². The molecule has 7 nitrogen and oxygen atoms in total. The van der Waals surface area contributed by atoms with E-state index in [9.17, 15) is 9.60 Å². The summed E-state index contributed by atoms with van der Waals surface area (Å²) in [6.45, 7) is 8.80. The third-order valence-corrected chi connectivity index (χ3v) is 4.88. The van der Waals surface area contributed by atoms with Crippen LogP contribution in [0, 0.1) is 5.95 Å². The minimum Gasteiger partial charge on any atom is -0.348 e. The molecule has 0 atom stereocenters. The lowest BCUT2D eigenvalue weighted by molar-refractivity contribution is 0.207. The number of piperazine rings is 1. The molecule has 1 aromatic carbocycles. The van der Waals surface area contributed by atoms with Gasteiger partial charge in [0.05, 0.1) is 17.4 Å². The van der Waals surface area contributed by atoms with Crippen LogP contribution < -0.4 is 10.4 Å². The predicted molar refractivity (Wildman–Crippen MR) is 101 cm³/mol. The summed E-state index contributed by atoms with van der Waals surface area (Å²) in [5.74, 6) is 0.143. The second-order valence-electron chi connectivity index (χ2n) is 7.20. The number of nitrogens with one attached hydrogen (secondary N) is 1. The van der Waals surface area contributed by atoms with Crippen LogP contribution in [-0.2, 0) is 5.41 Å². The molecule has 1 saturated heterocycles. The number of hydroxylamine groups is 1. The van der Waals surface area contributed by atoms with E-state index < -0.39 is 5.95 Å². The number of hydrogen-bond acceptors (Lipinski definition) is 6. The fraction of sp³-hybridized carbons (Fsp3) is 0.471. The lowest BCUT2D eigenvalue weighted by Gasteiger charge is -2.35. The average Bonchev–Trinajstić information content (AvgIpc) is 3.05. The highest BCUT2D eigenvalue weighted by Crippen LogP contribution is 2.25. The van der Waals surface area contributed by atoms with Gasteiger partial charge in [-0.25, -0.2) is 10.5 Å². The van der Waals surface area contributed by atoms with Crippen LogP contribution in [-0.4, -0.2) is 51.0 Å². The maximum Gasteiger partial charge on any atom is 0.268 e. The molecule has 0 radical (unpaired) electrons. The first kappa shape index (κ1) is 18.5. The second-order valence-corrected chi connectivity index (χ2v) is 7.73. The van der Waals surface area contributed by atoms with Gasteiger partial charge in [-0.05, 0) is 23.1 Å². The zero-order valence-corrected chi connectivity index (χ0v) is 15.9. The number of aromatic nitrogens is 2. The van der Waals surface area contributed by atoms with Crippen molar-refractivity contribution in [2.75, 3.05) is 31.1 Å². The van der Waals surface area contributed by atoms with E-state index in [-0.39, 0.29) is 5.41 Å². The Hall–Kier alpha value is -2.26. The van der Waals surface area contributed by atoms with E-state index in [1.54, 1.807) is 0 Å². The first-order valence-corrected chi connectivity index (χ1v) is 9.19. The number of rotatable bonds is 2. The molecule has 2 aromatic rings. The molecule has 1 aliphatic rings. The third kappa shape index (κ3) is 4.10. The van der Waals surface area contributed by atoms with Crippen molar-refractivity contribution < 1.29 is 9.60 Å². The summed E-state index contributed by atoms with van der Waals surface area (Å²) < 4.78 is 21.1. The van der Waals surface area contributed by atoms with Crippen molar-refractivity contribution in [3.05, 3.63) is 35.8 Å². The Bertz CT molecular complexity index is 762. The van der Waals surface area contributed by atoms with Gasteiger partial charge in [0.2, 0.25) is 5.96 Å². The van der Waals surface area contributed by atoms with Crippen LogP contribution in [0.2, 0.25) is 0 Å². The van der Waals surface area contributed by atoms with Gasteiger partial charge in [-0.1, -0.05) is 32.9 Å². The van der Waals surface area contributed by atoms with Crippen LogP contribution in [0.4, 0.5) is 15.9 Å². The maximum absolute atomic E-state index is 13.6. The Balaban J connectivity index is 1.68. The van der Waals surface area contributed by atoms with E-state index >= 15 is 0 Å². The molecular formula is C17H23FN6OS.